The molecule has 0 radical (unpaired) electrons. The van der Waals surface area contributed by atoms with Crippen LogP contribution in [0.4, 0.5) is 5.69 Å². The molecule has 0 bridgehead atoms. The molecule has 0 aliphatic rings. The molecule has 0 aromatic heterocycles. The Morgan fingerprint density at radius 3 is 2.79 bits per heavy atom. The standard InChI is InChI=1S/C15H15BrClNO/c1-2-19-13-5-3-4-11(8-13)10-18-15-7-6-12(17)9-14(15)16/h3-9,18H,2,10H2,1H3. The average Bonchev–Trinajstić information content (AvgIpc) is 2.38. The highest BCUT2D eigenvalue weighted by Crippen LogP contribution is 2.26. The Morgan fingerprint density at radius 2 is 2.05 bits per heavy atom. The van der Waals surface area contributed by atoms with E-state index in [0.717, 1.165) is 27.5 Å². The van der Waals surface area contributed by atoms with Crippen LogP contribution in [-0.4, -0.2) is 6.61 Å². The summed E-state index contributed by atoms with van der Waals surface area (Å²) < 4.78 is 6.44. The molecule has 19 heavy (non-hydrogen) atoms. The molecule has 2 rings (SSSR count). The van der Waals surface area contributed by atoms with Gasteiger partial charge in [0.15, 0.2) is 0 Å². The summed E-state index contributed by atoms with van der Waals surface area (Å²) in [7, 11) is 0. The maximum atomic E-state index is 5.92. The predicted octanol–water partition coefficient (Wildman–Crippen LogP) is 5.11. The van der Waals surface area contributed by atoms with Gasteiger partial charge >= 0.3 is 0 Å². The van der Waals surface area contributed by atoms with Crippen LogP contribution >= 0.6 is 27.5 Å². The molecule has 0 saturated carbocycles. The van der Waals surface area contributed by atoms with E-state index in [1.54, 1.807) is 0 Å². The Balaban J connectivity index is 2.03. The third-order valence-electron chi connectivity index (χ3n) is 2.62. The summed E-state index contributed by atoms with van der Waals surface area (Å²) in [6.45, 7) is 3.40. The molecule has 0 aliphatic carbocycles. The summed E-state index contributed by atoms with van der Waals surface area (Å²) in [5.74, 6) is 0.900. The highest BCUT2D eigenvalue weighted by molar-refractivity contribution is 9.10. The smallest absolute Gasteiger partial charge is 0.119 e. The van der Waals surface area contributed by atoms with Gasteiger partial charge in [0.2, 0.25) is 0 Å². The first-order valence-corrected chi connectivity index (χ1v) is 7.27. The average molecular weight is 341 g/mol. The van der Waals surface area contributed by atoms with E-state index in [0.29, 0.717) is 6.61 Å². The van der Waals surface area contributed by atoms with E-state index in [1.165, 1.54) is 5.56 Å². The molecule has 0 spiro atoms. The minimum atomic E-state index is 0.680. The highest BCUT2D eigenvalue weighted by atomic mass is 79.9. The van der Waals surface area contributed by atoms with Crippen LogP contribution in [0.25, 0.3) is 0 Å². The zero-order valence-electron chi connectivity index (χ0n) is 10.6. The summed E-state index contributed by atoms with van der Waals surface area (Å²) in [4.78, 5) is 0. The molecular weight excluding hydrogens is 326 g/mol. The number of rotatable bonds is 5. The largest absolute Gasteiger partial charge is 0.494 e. The van der Waals surface area contributed by atoms with Crippen molar-refractivity contribution < 1.29 is 4.74 Å². The zero-order chi connectivity index (χ0) is 13.7. The Morgan fingerprint density at radius 1 is 1.21 bits per heavy atom. The van der Waals surface area contributed by atoms with E-state index < -0.39 is 0 Å². The van der Waals surface area contributed by atoms with Gasteiger partial charge in [-0.1, -0.05) is 23.7 Å². The van der Waals surface area contributed by atoms with Gasteiger partial charge in [0.25, 0.3) is 0 Å². The molecular formula is C15H15BrClNO. The molecule has 0 aliphatic heterocycles. The van der Waals surface area contributed by atoms with Gasteiger partial charge in [-0.15, -0.1) is 0 Å². The van der Waals surface area contributed by atoms with Crippen LogP contribution in [-0.2, 0) is 6.54 Å². The first-order chi connectivity index (χ1) is 9.19. The van der Waals surface area contributed by atoms with Crippen molar-refractivity contribution in [3.8, 4) is 5.75 Å². The van der Waals surface area contributed by atoms with E-state index in [4.69, 9.17) is 16.3 Å². The van der Waals surface area contributed by atoms with E-state index in [1.807, 2.05) is 43.3 Å². The van der Waals surface area contributed by atoms with Crippen molar-refractivity contribution in [3.63, 3.8) is 0 Å². The van der Waals surface area contributed by atoms with Crippen LogP contribution < -0.4 is 10.1 Å². The molecule has 100 valence electrons. The van der Waals surface area contributed by atoms with Crippen molar-refractivity contribution in [1.82, 2.24) is 0 Å². The van der Waals surface area contributed by atoms with E-state index in [9.17, 15) is 0 Å². The van der Waals surface area contributed by atoms with Crippen molar-refractivity contribution in [2.75, 3.05) is 11.9 Å². The SMILES string of the molecule is CCOc1cccc(CNc2ccc(Cl)cc2Br)c1. The summed E-state index contributed by atoms with van der Waals surface area (Å²) >= 11 is 9.40. The Bertz CT molecular complexity index is 560. The number of nitrogens with one attached hydrogen (secondary N) is 1. The number of anilines is 1. The lowest BCUT2D eigenvalue weighted by atomic mass is 10.2. The number of hydrogen-bond acceptors (Lipinski definition) is 2. The summed E-state index contributed by atoms with van der Waals surface area (Å²) in [6, 6.07) is 13.8. The number of ether oxygens (including phenoxy) is 1. The van der Waals surface area contributed by atoms with Gasteiger partial charge in [-0.3, -0.25) is 0 Å². The number of benzene rings is 2. The second-order valence-electron chi connectivity index (χ2n) is 4.06. The van der Waals surface area contributed by atoms with Gasteiger partial charge in [-0.2, -0.15) is 0 Å². The van der Waals surface area contributed by atoms with Crippen molar-refractivity contribution in [3.05, 3.63) is 57.5 Å². The first-order valence-electron chi connectivity index (χ1n) is 6.09. The minimum Gasteiger partial charge on any atom is -0.494 e. The van der Waals surface area contributed by atoms with Gasteiger partial charge in [0.05, 0.1) is 6.61 Å². The molecule has 2 aromatic rings. The molecule has 0 fully saturated rings. The maximum Gasteiger partial charge on any atom is 0.119 e. The summed E-state index contributed by atoms with van der Waals surface area (Å²) in [5, 5.41) is 4.08. The first kappa shape index (κ1) is 14.2. The lowest BCUT2D eigenvalue weighted by Crippen LogP contribution is -2.00. The Labute approximate surface area is 126 Å². The molecule has 0 unspecified atom stereocenters. The third kappa shape index (κ3) is 4.15. The zero-order valence-corrected chi connectivity index (χ0v) is 13.0. The molecule has 2 aromatic carbocycles. The molecule has 0 heterocycles. The molecule has 1 N–H and O–H groups in total. The van der Waals surface area contributed by atoms with Gasteiger partial charge in [-0.05, 0) is 58.7 Å². The molecule has 2 nitrogen and oxygen atoms in total. The van der Waals surface area contributed by atoms with E-state index in [2.05, 4.69) is 27.3 Å². The quantitative estimate of drug-likeness (QED) is 0.816. The Kier molecular flexibility index (Phi) is 5.11. The summed E-state index contributed by atoms with van der Waals surface area (Å²) in [5.41, 5.74) is 2.19. The topological polar surface area (TPSA) is 21.3 Å². The molecule has 0 saturated heterocycles. The van der Waals surface area contributed by atoms with Gasteiger partial charge in [-0.25, -0.2) is 0 Å². The number of hydrogen-bond donors (Lipinski definition) is 1. The van der Waals surface area contributed by atoms with Crippen molar-refractivity contribution >= 4 is 33.2 Å². The molecule has 0 atom stereocenters. The lowest BCUT2D eigenvalue weighted by molar-refractivity contribution is 0.340. The second kappa shape index (κ2) is 6.83. The predicted molar refractivity (Wildman–Crippen MR) is 84.1 cm³/mol. The van der Waals surface area contributed by atoms with Crippen LogP contribution in [0.3, 0.4) is 0 Å². The fourth-order valence-electron chi connectivity index (χ4n) is 1.74. The van der Waals surface area contributed by atoms with Gasteiger partial charge < -0.3 is 10.1 Å². The van der Waals surface area contributed by atoms with E-state index >= 15 is 0 Å². The van der Waals surface area contributed by atoms with Crippen LogP contribution in [0.15, 0.2) is 46.9 Å². The molecule has 0 amide bonds. The monoisotopic (exact) mass is 339 g/mol. The fourth-order valence-corrected chi connectivity index (χ4v) is 2.56. The highest BCUT2D eigenvalue weighted by Gasteiger charge is 2.01. The lowest BCUT2D eigenvalue weighted by Gasteiger charge is -2.10. The number of halogens is 2. The maximum absolute atomic E-state index is 5.92. The van der Waals surface area contributed by atoms with Crippen LogP contribution in [0.2, 0.25) is 5.02 Å². The summed E-state index contributed by atoms with van der Waals surface area (Å²) in [6.07, 6.45) is 0. The van der Waals surface area contributed by atoms with Crippen LogP contribution in [0.1, 0.15) is 12.5 Å². The van der Waals surface area contributed by atoms with Crippen molar-refractivity contribution in [2.45, 2.75) is 13.5 Å². The van der Waals surface area contributed by atoms with Crippen LogP contribution in [0, 0.1) is 0 Å². The normalized spacial score (nSPS) is 10.3. The van der Waals surface area contributed by atoms with Gasteiger partial charge in [0.1, 0.15) is 5.75 Å². The second-order valence-corrected chi connectivity index (χ2v) is 5.35. The van der Waals surface area contributed by atoms with Crippen LogP contribution in [0.5, 0.6) is 5.75 Å². The molecule has 4 heteroatoms. The fraction of sp³-hybridized carbons (Fsp3) is 0.200. The van der Waals surface area contributed by atoms with Crippen molar-refractivity contribution in [1.29, 1.82) is 0 Å². The van der Waals surface area contributed by atoms with Gasteiger partial charge in [0, 0.05) is 21.7 Å². The minimum absolute atomic E-state index is 0.680. The van der Waals surface area contributed by atoms with Crippen molar-refractivity contribution in [2.24, 2.45) is 0 Å². The van der Waals surface area contributed by atoms with E-state index in [-0.39, 0.29) is 0 Å². The Hall–Kier alpha value is -1.19. The third-order valence-corrected chi connectivity index (χ3v) is 3.51.